The second kappa shape index (κ2) is 5.94. The van der Waals surface area contributed by atoms with E-state index in [1.165, 1.54) is 6.39 Å². The van der Waals surface area contributed by atoms with Gasteiger partial charge < -0.3 is 14.5 Å². The molecule has 90 valence electrons. The highest BCUT2D eigenvalue weighted by Crippen LogP contribution is 2.18. The zero-order valence-electron chi connectivity index (χ0n) is 9.85. The number of aromatic nitrogens is 1. The molecule has 17 heavy (non-hydrogen) atoms. The second-order valence-corrected chi connectivity index (χ2v) is 3.70. The SMILES string of the molecule is CCCOc1cccc(NCc2cnco2)c1. The quantitative estimate of drug-likeness (QED) is 0.831. The Bertz CT molecular complexity index is 440. The Labute approximate surface area is 101 Å². The average molecular weight is 232 g/mol. The molecule has 2 aromatic rings. The van der Waals surface area contributed by atoms with Gasteiger partial charge in [0.1, 0.15) is 11.5 Å². The molecule has 0 bridgehead atoms. The molecular formula is C13H16N2O2. The van der Waals surface area contributed by atoms with Crippen molar-refractivity contribution in [1.29, 1.82) is 0 Å². The maximum absolute atomic E-state index is 5.56. The Morgan fingerprint density at radius 1 is 1.41 bits per heavy atom. The van der Waals surface area contributed by atoms with Crippen molar-refractivity contribution in [3.05, 3.63) is 42.6 Å². The molecule has 0 radical (unpaired) electrons. The molecule has 0 saturated heterocycles. The first-order valence-corrected chi connectivity index (χ1v) is 5.72. The molecule has 0 unspecified atom stereocenters. The van der Waals surface area contributed by atoms with Crippen molar-refractivity contribution < 1.29 is 9.15 Å². The lowest BCUT2D eigenvalue weighted by molar-refractivity contribution is 0.317. The Balaban J connectivity index is 1.91. The fourth-order valence-electron chi connectivity index (χ4n) is 1.43. The molecule has 0 aliphatic heterocycles. The molecule has 1 heterocycles. The molecular weight excluding hydrogens is 216 g/mol. The van der Waals surface area contributed by atoms with Crippen LogP contribution in [0.5, 0.6) is 5.75 Å². The van der Waals surface area contributed by atoms with Gasteiger partial charge in [-0.05, 0) is 18.6 Å². The van der Waals surface area contributed by atoms with E-state index in [2.05, 4.69) is 17.2 Å². The number of nitrogens with one attached hydrogen (secondary N) is 1. The maximum Gasteiger partial charge on any atom is 0.180 e. The molecule has 0 fully saturated rings. The standard InChI is InChI=1S/C13H16N2O2/c1-2-6-16-12-5-3-4-11(7-12)15-9-13-8-14-10-17-13/h3-5,7-8,10,15H,2,6,9H2,1H3. The van der Waals surface area contributed by atoms with Crippen LogP contribution in [0, 0.1) is 0 Å². The molecule has 1 N–H and O–H groups in total. The molecule has 4 nitrogen and oxygen atoms in total. The van der Waals surface area contributed by atoms with Gasteiger partial charge in [-0.25, -0.2) is 4.98 Å². The minimum absolute atomic E-state index is 0.622. The minimum atomic E-state index is 0.622. The highest BCUT2D eigenvalue weighted by Gasteiger charge is 1.98. The molecule has 4 heteroatoms. The smallest absolute Gasteiger partial charge is 0.180 e. The number of hydrogen-bond donors (Lipinski definition) is 1. The van der Waals surface area contributed by atoms with E-state index in [9.17, 15) is 0 Å². The van der Waals surface area contributed by atoms with E-state index in [1.54, 1.807) is 6.20 Å². The number of rotatable bonds is 6. The van der Waals surface area contributed by atoms with E-state index in [1.807, 2.05) is 24.3 Å². The number of hydrogen-bond acceptors (Lipinski definition) is 4. The highest BCUT2D eigenvalue weighted by molar-refractivity contribution is 5.48. The van der Waals surface area contributed by atoms with Crippen molar-refractivity contribution in [2.24, 2.45) is 0 Å². The maximum atomic E-state index is 5.56. The van der Waals surface area contributed by atoms with E-state index in [-0.39, 0.29) is 0 Å². The fourth-order valence-corrected chi connectivity index (χ4v) is 1.43. The van der Waals surface area contributed by atoms with E-state index in [0.717, 1.165) is 30.2 Å². The van der Waals surface area contributed by atoms with Gasteiger partial charge in [0.2, 0.25) is 0 Å². The second-order valence-electron chi connectivity index (χ2n) is 3.70. The Kier molecular flexibility index (Phi) is 4.02. The van der Waals surface area contributed by atoms with Crippen LogP contribution in [-0.2, 0) is 6.54 Å². The van der Waals surface area contributed by atoms with Crippen LogP contribution in [0.15, 0.2) is 41.3 Å². The van der Waals surface area contributed by atoms with Crippen LogP contribution < -0.4 is 10.1 Å². The van der Waals surface area contributed by atoms with Crippen LogP contribution in [0.2, 0.25) is 0 Å². The first-order chi connectivity index (χ1) is 8.38. The summed E-state index contributed by atoms with van der Waals surface area (Å²) in [6, 6.07) is 7.89. The van der Waals surface area contributed by atoms with Crippen molar-refractivity contribution >= 4 is 5.69 Å². The number of anilines is 1. The van der Waals surface area contributed by atoms with Crippen molar-refractivity contribution in [3.63, 3.8) is 0 Å². The lowest BCUT2D eigenvalue weighted by Gasteiger charge is -2.08. The zero-order chi connectivity index (χ0) is 11.9. The van der Waals surface area contributed by atoms with Gasteiger partial charge in [-0.3, -0.25) is 0 Å². The minimum Gasteiger partial charge on any atom is -0.494 e. The predicted octanol–water partition coefficient (Wildman–Crippen LogP) is 3.08. The third-order valence-electron chi connectivity index (χ3n) is 2.26. The van der Waals surface area contributed by atoms with Gasteiger partial charge >= 0.3 is 0 Å². The van der Waals surface area contributed by atoms with Crippen LogP contribution in [0.3, 0.4) is 0 Å². The monoisotopic (exact) mass is 232 g/mol. The Hall–Kier alpha value is -1.97. The van der Waals surface area contributed by atoms with Crippen molar-refractivity contribution in [1.82, 2.24) is 4.98 Å². The molecule has 0 saturated carbocycles. The molecule has 1 aromatic heterocycles. The Morgan fingerprint density at radius 3 is 3.12 bits per heavy atom. The van der Waals surface area contributed by atoms with Gasteiger partial charge in [0.05, 0.1) is 19.3 Å². The van der Waals surface area contributed by atoms with Crippen LogP contribution in [-0.4, -0.2) is 11.6 Å². The first kappa shape index (κ1) is 11.5. The molecule has 0 aliphatic carbocycles. The van der Waals surface area contributed by atoms with Crippen LogP contribution in [0.1, 0.15) is 19.1 Å². The van der Waals surface area contributed by atoms with Crippen molar-refractivity contribution in [3.8, 4) is 5.75 Å². The van der Waals surface area contributed by atoms with Gasteiger partial charge in [0, 0.05) is 11.8 Å². The summed E-state index contributed by atoms with van der Waals surface area (Å²) in [6.45, 7) is 3.45. The van der Waals surface area contributed by atoms with Crippen LogP contribution in [0.4, 0.5) is 5.69 Å². The summed E-state index contributed by atoms with van der Waals surface area (Å²) in [5.41, 5.74) is 1.01. The molecule has 2 rings (SSSR count). The van der Waals surface area contributed by atoms with Crippen molar-refractivity contribution in [2.75, 3.05) is 11.9 Å². The number of oxazole rings is 1. The summed E-state index contributed by atoms with van der Waals surface area (Å²) in [5.74, 6) is 1.69. The average Bonchev–Trinajstić information content (AvgIpc) is 2.87. The van der Waals surface area contributed by atoms with E-state index in [4.69, 9.17) is 9.15 Å². The van der Waals surface area contributed by atoms with E-state index < -0.39 is 0 Å². The van der Waals surface area contributed by atoms with Gasteiger partial charge in [0.15, 0.2) is 6.39 Å². The topological polar surface area (TPSA) is 47.3 Å². The Morgan fingerprint density at radius 2 is 2.35 bits per heavy atom. The summed E-state index contributed by atoms with van der Waals surface area (Å²) < 4.78 is 10.7. The zero-order valence-corrected chi connectivity index (χ0v) is 9.85. The number of nitrogens with zero attached hydrogens (tertiary/aromatic N) is 1. The lowest BCUT2D eigenvalue weighted by Crippen LogP contribution is -1.99. The number of ether oxygens (including phenoxy) is 1. The highest BCUT2D eigenvalue weighted by atomic mass is 16.5. The van der Waals surface area contributed by atoms with Crippen LogP contribution in [0.25, 0.3) is 0 Å². The summed E-state index contributed by atoms with van der Waals surface area (Å²) in [4.78, 5) is 3.86. The van der Waals surface area contributed by atoms with E-state index in [0.29, 0.717) is 6.54 Å². The molecule has 1 aromatic carbocycles. The first-order valence-electron chi connectivity index (χ1n) is 5.72. The van der Waals surface area contributed by atoms with E-state index >= 15 is 0 Å². The van der Waals surface area contributed by atoms with Gasteiger partial charge in [0.25, 0.3) is 0 Å². The lowest BCUT2D eigenvalue weighted by atomic mass is 10.3. The molecule has 0 atom stereocenters. The third-order valence-corrected chi connectivity index (χ3v) is 2.26. The molecule has 0 aliphatic rings. The summed E-state index contributed by atoms with van der Waals surface area (Å²) in [6.07, 6.45) is 4.14. The van der Waals surface area contributed by atoms with Gasteiger partial charge in [-0.2, -0.15) is 0 Å². The number of benzene rings is 1. The fraction of sp³-hybridized carbons (Fsp3) is 0.308. The summed E-state index contributed by atoms with van der Waals surface area (Å²) >= 11 is 0. The normalized spacial score (nSPS) is 10.2. The molecule has 0 spiro atoms. The third kappa shape index (κ3) is 3.52. The summed E-state index contributed by atoms with van der Waals surface area (Å²) in [5, 5.41) is 3.25. The van der Waals surface area contributed by atoms with Crippen LogP contribution >= 0.6 is 0 Å². The molecule has 0 amide bonds. The van der Waals surface area contributed by atoms with Crippen molar-refractivity contribution in [2.45, 2.75) is 19.9 Å². The predicted molar refractivity (Wildman–Crippen MR) is 66.1 cm³/mol. The van der Waals surface area contributed by atoms with Gasteiger partial charge in [-0.15, -0.1) is 0 Å². The summed E-state index contributed by atoms with van der Waals surface area (Å²) in [7, 11) is 0. The largest absolute Gasteiger partial charge is 0.494 e. The van der Waals surface area contributed by atoms with Gasteiger partial charge in [-0.1, -0.05) is 13.0 Å².